The van der Waals surface area contributed by atoms with E-state index >= 15 is 0 Å². The first-order chi connectivity index (χ1) is 59.9. The van der Waals surface area contributed by atoms with Gasteiger partial charge in [-0.2, -0.15) is 10.4 Å². The molecule has 11 aromatic rings. The van der Waals surface area contributed by atoms with Gasteiger partial charge in [-0.3, -0.25) is 26.4 Å². The number of benzene rings is 7. The number of nitrogens with one attached hydrogen (secondary N) is 1. The quantitative estimate of drug-likeness (QED) is 0.00333. The number of aliphatic hydroxyl groups excluding tert-OH is 1. The molecular weight excluding hydrogens is 1990 g/mol. The van der Waals surface area contributed by atoms with Crippen LogP contribution in [0.25, 0.3) is 64.2 Å². The topological polar surface area (TPSA) is 498 Å². The number of thioether (sulfide) groups is 1. The number of aromatic amines is 1. The Morgan fingerprint density at radius 1 is 0.628 bits per heavy atom. The van der Waals surface area contributed by atoms with Gasteiger partial charge in [0, 0.05) is 124 Å². The number of alkyl halides is 1. The van der Waals surface area contributed by atoms with E-state index in [1.807, 2.05) is 121 Å². The maximum Gasteiger partial charge on any atom is 1.00 e. The van der Waals surface area contributed by atoms with Crippen molar-refractivity contribution in [2.24, 2.45) is 35.0 Å². The Hall–Kier alpha value is -9.39. The van der Waals surface area contributed by atoms with Gasteiger partial charge in [-0.05, 0) is 135 Å². The molecule has 7 aromatic carbocycles. The number of thiocarbonyl (C=S) groups is 1. The van der Waals surface area contributed by atoms with Crippen molar-refractivity contribution in [2.45, 2.75) is 58.1 Å². The van der Waals surface area contributed by atoms with Gasteiger partial charge in [-0.15, -0.1) is 33.5 Å². The molecule has 0 amide bonds. The van der Waals surface area contributed by atoms with Crippen LogP contribution in [0, 0.1) is 35.5 Å². The van der Waals surface area contributed by atoms with Crippen LogP contribution in [0.4, 0.5) is 0 Å². The Labute approximate surface area is 845 Å². The Morgan fingerprint density at radius 3 is 1.34 bits per heavy atom. The first-order valence-electron chi connectivity index (χ1n) is 36.0. The number of carboxylic acids is 1. The van der Waals surface area contributed by atoms with Crippen molar-refractivity contribution in [3.63, 3.8) is 0 Å². The molecule has 0 aliphatic carbocycles. The van der Waals surface area contributed by atoms with Crippen molar-refractivity contribution in [1.29, 1.82) is 5.26 Å². The molecule has 13 rings (SSSR count). The number of hydrogen-bond donors (Lipinski definition) is 7. The van der Waals surface area contributed by atoms with Gasteiger partial charge in [-0.25, -0.2) is 53.2 Å². The van der Waals surface area contributed by atoms with Crippen molar-refractivity contribution in [1.82, 2.24) is 59.5 Å². The van der Waals surface area contributed by atoms with E-state index in [1.54, 1.807) is 118 Å². The van der Waals surface area contributed by atoms with Crippen molar-refractivity contribution < 1.29 is 121 Å². The molecule has 0 bridgehead atoms. The van der Waals surface area contributed by atoms with E-state index in [1.165, 1.54) is 70.1 Å². The molecule has 2 fully saturated rings. The zero-order valence-electron chi connectivity index (χ0n) is 70.6. The molecule has 2 aliphatic rings. The van der Waals surface area contributed by atoms with Crippen molar-refractivity contribution in [3.05, 3.63) is 265 Å². The van der Waals surface area contributed by atoms with Gasteiger partial charge in [0.25, 0.3) is 0 Å². The fourth-order valence-corrected chi connectivity index (χ4v) is 10.7. The molecule has 2 aliphatic heterocycles. The van der Waals surface area contributed by atoms with Crippen molar-refractivity contribution in [3.8, 4) is 64.0 Å². The van der Waals surface area contributed by atoms with Crippen LogP contribution in [-0.4, -0.2) is 173 Å². The summed E-state index contributed by atoms with van der Waals surface area (Å²) < 4.78 is 28.1. The summed E-state index contributed by atoms with van der Waals surface area (Å²) in [5.74, 6) is 9.05. The molecule has 12 N–H and O–H groups in total. The second-order valence-electron chi connectivity index (χ2n) is 24.4. The van der Waals surface area contributed by atoms with Gasteiger partial charge in [0.05, 0.1) is 61.9 Å². The summed E-state index contributed by atoms with van der Waals surface area (Å²) in [7, 11) is 0. The largest absolute Gasteiger partial charge is 1.00 e. The van der Waals surface area contributed by atoms with Crippen LogP contribution >= 0.6 is 128 Å². The zero-order chi connectivity index (χ0) is 93.2. The van der Waals surface area contributed by atoms with Gasteiger partial charge in [0.1, 0.15) is 37.1 Å². The summed E-state index contributed by atoms with van der Waals surface area (Å²) in [5.41, 5.74) is 16.9. The molecular formula is C84H89Cl7ILiN17NaO15S3. The molecule has 3 atom stereocenters. The second-order valence-corrected chi connectivity index (χ2v) is 28.9. The fourth-order valence-electron chi connectivity index (χ4n) is 8.85. The summed E-state index contributed by atoms with van der Waals surface area (Å²) in [6.45, 7) is 9.98. The molecule has 129 heavy (non-hydrogen) atoms. The Balaban J connectivity index is -0.00000140. The van der Waals surface area contributed by atoms with Gasteiger partial charge in [-0.1, -0.05) is 195 Å². The van der Waals surface area contributed by atoms with Crippen molar-refractivity contribution in [2.75, 3.05) is 37.6 Å². The standard InChI is InChI=1S/C16H14ClN3O4.C14H14ClN3O2.C11H8ClN3O2.C8H6ClN3.C8H10ClNS.C7H6ClNS.C7H4ClN.C6H8O2.C5H8O3.CH3I.CH2O.Li.H4N2.Na.H2O.H2S/c17-13-3-1-2-12(7-13)16-18-10-20(19-16)5-4-14(21)23-8-11-6-15(22)24-9-11;1-10(2)20-13(19)6-7-18-9-16-14(17-18)11-4-3-5-12(15)8-11;12-9-3-1-2-8(6-9)11-13-7-15(14-11)5-4-10(16)17;9-7-3-1-2-6(4-7)8-10-5-11-12-8;1-11-8(10)6-3-2-4-7(9)5-6;8-6-3-1-2-5(4-6)7(9)10;8-7-3-1-2-6(4-7)5-9;1-4-6(7)8-5(2)3;6-2-4-1-5(7)8-3-4;2*1-2;;1-2;;;/h1-5,7,10-11H,6,8-9H2;3-10H,1-2H3;1-7H,(H,16,17);1-5H,(H,10,11,12);2-5,8H,10H2,1H3;1-4H,(H2,9,10);1-4H;1,5H,2-3H3;4,6H,1-3H2;1H3;1H2;;1-2H2;;2*1H2/q;;;;;;;;;;;+1;;+1;;/p-2/b5-4-;7-6-;5-4-;;;;;;;;;;;;;. The number of aromatic nitrogens is 12. The van der Waals surface area contributed by atoms with Crippen LogP contribution < -0.4 is 71.6 Å². The SMILES string of the molecule is C#CC(=O)OC(C)C.C=O.CC(C)OC(=O)/C=C\n1cnc(-c2cccc(Cl)c2)n1.CI.CSC(N)c1cccc(Cl)c1.Clc1cccc(-c2ncn[nH]2)c1.N#Cc1cccc(Cl)c1.NC(=S)c1cccc(Cl)c1.NN.O=C(/C=C\n1cnc(-c2cccc(Cl)c2)n1)OCC1COC(=O)C1.O=C(O)/C=C\n1cnc(-c2cccc(Cl)c2)n1.O=C1CC(CO)CO1.[Li+].[Na+].[OH-].[SH-]. The first kappa shape index (κ1) is 124. The van der Waals surface area contributed by atoms with Gasteiger partial charge in [0.15, 0.2) is 23.3 Å². The number of hydrazine groups is 1. The van der Waals surface area contributed by atoms with E-state index in [4.69, 9.17) is 146 Å². The number of aliphatic hydroxyl groups is 1. The van der Waals surface area contributed by atoms with Crippen LogP contribution in [0.1, 0.15) is 62.6 Å². The number of H-pyrrole nitrogens is 1. The molecule has 0 saturated carbocycles. The van der Waals surface area contributed by atoms with E-state index in [2.05, 4.69) is 89.2 Å². The number of aliphatic carboxylic acids is 1. The second kappa shape index (κ2) is 72.3. The maximum atomic E-state index is 11.7. The summed E-state index contributed by atoms with van der Waals surface area (Å²) >= 11 is 49.0. The summed E-state index contributed by atoms with van der Waals surface area (Å²) in [5, 5.41) is 48.9. The fraction of sp³-hybridized carbons (Fsp3) is 0.202. The monoisotopic (exact) mass is 2070 g/mol. The van der Waals surface area contributed by atoms with Crippen LogP contribution in [-0.2, 0) is 70.7 Å². The van der Waals surface area contributed by atoms with E-state index in [0.29, 0.717) is 77.8 Å². The number of carbonyl (C=O) groups is 7. The number of nitrogens with zero attached hydrogens (tertiary/aromatic N) is 12. The Bertz CT molecular complexity index is 5350. The number of carbonyl (C=O) groups excluding carboxylic acids is 6. The number of nitriles is 1. The predicted octanol–water partition coefficient (Wildman–Crippen LogP) is 9.68. The average Bonchev–Trinajstić information content (AvgIpc) is 1.29. The number of rotatable bonds is 18. The minimum Gasteiger partial charge on any atom is -0.870 e. The summed E-state index contributed by atoms with van der Waals surface area (Å²) in [6.07, 6.45) is 20.7. The molecule has 6 heterocycles. The number of cyclic esters (lactones) is 2. The summed E-state index contributed by atoms with van der Waals surface area (Å²) in [4.78, 5) is 91.5. The summed E-state index contributed by atoms with van der Waals surface area (Å²) in [6, 6.07) is 52.6. The number of halogens is 8. The van der Waals surface area contributed by atoms with Crippen LogP contribution in [0.3, 0.4) is 0 Å². The number of nitrogens with two attached hydrogens (primary N) is 4. The third-order valence-corrected chi connectivity index (χ3v) is 16.9. The van der Waals surface area contributed by atoms with Crippen LogP contribution in [0.5, 0.6) is 0 Å². The molecule has 676 valence electrons. The molecule has 3 unspecified atom stereocenters. The molecule has 4 aromatic heterocycles. The third-order valence-electron chi connectivity index (χ3n) is 14.3. The average molecular weight is 2080 g/mol. The number of carboxylic acid groups (broad SMARTS) is 1. The normalized spacial score (nSPS) is 12.1. The van der Waals surface area contributed by atoms with Crippen LogP contribution in [0.2, 0.25) is 35.2 Å². The van der Waals surface area contributed by atoms with Crippen molar-refractivity contribution >= 4 is 207 Å². The third kappa shape index (κ3) is 54.1. The maximum absolute atomic E-state index is 11.7. The van der Waals surface area contributed by atoms with E-state index in [9.17, 15) is 28.8 Å². The van der Waals surface area contributed by atoms with Gasteiger partial charge in [0.2, 0.25) is 0 Å². The Morgan fingerprint density at radius 2 is 1.02 bits per heavy atom. The van der Waals surface area contributed by atoms with Crippen LogP contribution in [0.15, 0.2) is 213 Å². The minimum absolute atomic E-state index is 0. The Kier molecular flexibility index (Phi) is 69.4. The number of ether oxygens (including phenoxy) is 5. The first-order valence-corrected chi connectivity index (χ1v) is 42.5. The van der Waals surface area contributed by atoms with Gasteiger partial charge < -0.3 is 69.1 Å². The molecule has 0 radical (unpaired) electrons. The molecule has 2 saturated heterocycles. The minimum atomic E-state index is -1.04. The van der Waals surface area contributed by atoms with E-state index < -0.39 is 23.9 Å². The smallest absolute Gasteiger partial charge is 0.870 e. The predicted molar refractivity (Wildman–Crippen MR) is 511 cm³/mol. The number of thiol groups is 1. The molecule has 0 spiro atoms. The number of hydrogen-bond acceptors (Lipinski definition) is 29. The molecule has 32 nitrogen and oxygen atoms in total. The van der Waals surface area contributed by atoms with E-state index in [-0.39, 0.29) is 128 Å². The molecule has 45 heteroatoms. The van der Waals surface area contributed by atoms with Gasteiger partial charge >= 0.3 is 84.2 Å². The number of terminal acetylenes is 1. The number of esters is 5. The van der Waals surface area contributed by atoms with E-state index in [0.717, 1.165) is 50.3 Å². The zero-order valence-corrected chi connectivity index (χ0v) is 82.5.